The first-order valence-corrected chi connectivity index (χ1v) is 13.0. The molecule has 0 aliphatic carbocycles. The SMILES string of the molecule is CCOc1ccc2nc(N3C(=O)C(=O)C(=C(O)c4ccc5c(c4)C[C@@H](C)O5)[C@@H]3c3ccccc3)sc2c1. The number of ketones is 1. The Morgan fingerprint density at radius 2 is 1.95 bits per heavy atom. The number of carbonyl (C=O) groups is 2. The van der Waals surface area contributed by atoms with Gasteiger partial charge in [0.05, 0.1) is 28.4 Å². The van der Waals surface area contributed by atoms with Crippen molar-refractivity contribution >= 4 is 44.1 Å². The molecular weight excluding hydrogens is 488 g/mol. The highest BCUT2D eigenvalue weighted by atomic mass is 32.1. The van der Waals surface area contributed by atoms with E-state index < -0.39 is 17.7 Å². The van der Waals surface area contributed by atoms with Crippen LogP contribution in [0, 0.1) is 0 Å². The van der Waals surface area contributed by atoms with Gasteiger partial charge in [-0.1, -0.05) is 41.7 Å². The molecule has 8 heteroatoms. The number of aliphatic hydroxyl groups is 1. The average molecular weight is 513 g/mol. The van der Waals surface area contributed by atoms with Crippen LogP contribution in [-0.2, 0) is 16.0 Å². The standard InChI is InChI=1S/C29H24N2O5S/c1-3-35-20-10-11-21-23(15-20)37-29(30-21)31-25(17-7-5-4-6-8-17)24(27(33)28(31)34)26(32)18-9-12-22-19(14-18)13-16(2)36-22/h4-12,14-16,25,32H,3,13H2,1-2H3/t16-,25+/m1/s1. The molecule has 0 saturated carbocycles. The summed E-state index contributed by atoms with van der Waals surface area (Å²) < 4.78 is 12.2. The summed E-state index contributed by atoms with van der Waals surface area (Å²) in [6.45, 7) is 4.43. The van der Waals surface area contributed by atoms with E-state index in [2.05, 4.69) is 4.98 Å². The molecule has 37 heavy (non-hydrogen) atoms. The molecule has 0 spiro atoms. The second-order valence-electron chi connectivity index (χ2n) is 9.09. The van der Waals surface area contributed by atoms with E-state index in [1.807, 2.05) is 68.4 Å². The van der Waals surface area contributed by atoms with Gasteiger partial charge in [-0.05, 0) is 61.4 Å². The van der Waals surface area contributed by atoms with Crippen molar-refractivity contribution in [3.8, 4) is 11.5 Å². The van der Waals surface area contributed by atoms with Crippen LogP contribution < -0.4 is 14.4 Å². The summed E-state index contributed by atoms with van der Waals surface area (Å²) in [5, 5.41) is 11.8. The summed E-state index contributed by atoms with van der Waals surface area (Å²) in [5.41, 5.74) is 2.87. The fraction of sp³-hybridized carbons (Fsp3) is 0.207. The van der Waals surface area contributed by atoms with Crippen molar-refractivity contribution in [3.05, 3.63) is 89.0 Å². The van der Waals surface area contributed by atoms with Crippen LogP contribution in [-0.4, -0.2) is 34.5 Å². The Bertz CT molecular complexity index is 1580. The maximum absolute atomic E-state index is 13.5. The maximum Gasteiger partial charge on any atom is 0.301 e. The van der Waals surface area contributed by atoms with Gasteiger partial charge in [-0.2, -0.15) is 0 Å². The Kier molecular flexibility index (Phi) is 5.68. The third kappa shape index (κ3) is 3.94. The summed E-state index contributed by atoms with van der Waals surface area (Å²) in [4.78, 5) is 33.0. The predicted molar refractivity (Wildman–Crippen MR) is 142 cm³/mol. The van der Waals surface area contributed by atoms with Crippen LogP contribution in [0.3, 0.4) is 0 Å². The number of hydrogen-bond donors (Lipinski definition) is 1. The molecule has 1 amide bonds. The van der Waals surface area contributed by atoms with Crippen molar-refractivity contribution in [2.24, 2.45) is 0 Å². The number of ether oxygens (including phenoxy) is 2. The first-order valence-electron chi connectivity index (χ1n) is 12.1. The van der Waals surface area contributed by atoms with Crippen LogP contribution in [0.25, 0.3) is 16.0 Å². The molecule has 3 heterocycles. The van der Waals surface area contributed by atoms with Crippen molar-refractivity contribution in [2.45, 2.75) is 32.4 Å². The van der Waals surface area contributed by atoms with Crippen LogP contribution in [0.15, 0.2) is 72.3 Å². The van der Waals surface area contributed by atoms with E-state index in [1.165, 1.54) is 16.2 Å². The first-order chi connectivity index (χ1) is 17.9. The summed E-state index contributed by atoms with van der Waals surface area (Å²) in [6, 6.07) is 19.3. The van der Waals surface area contributed by atoms with Crippen molar-refractivity contribution < 1.29 is 24.2 Å². The van der Waals surface area contributed by atoms with E-state index in [4.69, 9.17) is 9.47 Å². The lowest BCUT2D eigenvalue weighted by Gasteiger charge is -2.23. The van der Waals surface area contributed by atoms with E-state index in [0.29, 0.717) is 40.6 Å². The highest BCUT2D eigenvalue weighted by Gasteiger charge is 2.48. The molecule has 2 aliphatic heterocycles. The Morgan fingerprint density at radius 1 is 1.14 bits per heavy atom. The second-order valence-corrected chi connectivity index (χ2v) is 10.1. The van der Waals surface area contributed by atoms with Crippen LogP contribution in [0.4, 0.5) is 5.13 Å². The highest BCUT2D eigenvalue weighted by molar-refractivity contribution is 7.22. The number of fused-ring (bicyclic) bond motifs is 2. The van der Waals surface area contributed by atoms with Gasteiger partial charge in [0, 0.05) is 12.0 Å². The van der Waals surface area contributed by atoms with Crippen LogP contribution >= 0.6 is 11.3 Å². The molecule has 1 fully saturated rings. The quantitative estimate of drug-likeness (QED) is 0.211. The average Bonchev–Trinajstić information content (AvgIpc) is 3.56. The van der Waals surface area contributed by atoms with Crippen LogP contribution in [0.5, 0.6) is 11.5 Å². The van der Waals surface area contributed by atoms with Gasteiger partial charge in [-0.25, -0.2) is 4.98 Å². The normalized spacial score (nSPS) is 20.3. The third-order valence-electron chi connectivity index (χ3n) is 6.59. The number of aliphatic hydroxyl groups excluding tert-OH is 1. The molecule has 2 aliphatic rings. The molecule has 0 bridgehead atoms. The number of Topliss-reactive ketones (excluding diaryl/α,β-unsaturated/α-hetero) is 1. The topological polar surface area (TPSA) is 89.0 Å². The number of carbonyl (C=O) groups excluding carboxylic acids is 2. The van der Waals surface area contributed by atoms with E-state index in [9.17, 15) is 14.7 Å². The highest BCUT2D eigenvalue weighted by Crippen LogP contribution is 2.45. The second kappa shape index (κ2) is 9.05. The molecule has 3 aromatic carbocycles. The first kappa shape index (κ1) is 23.2. The van der Waals surface area contributed by atoms with E-state index in [-0.39, 0.29) is 17.4 Å². The zero-order valence-electron chi connectivity index (χ0n) is 20.3. The van der Waals surface area contributed by atoms with Crippen molar-refractivity contribution in [3.63, 3.8) is 0 Å². The van der Waals surface area contributed by atoms with Crippen LogP contribution in [0.2, 0.25) is 0 Å². The minimum Gasteiger partial charge on any atom is -0.507 e. The van der Waals surface area contributed by atoms with Crippen molar-refractivity contribution in [2.75, 3.05) is 11.5 Å². The largest absolute Gasteiger partial charge is 0.507 e. The van der Waals surface area contributed by atoms with Gasteiger partial charge in [-0.3, -0.25) is 14.5 Å². The van der Waals surface area contributed by atoms with Gasteiger partial charge in [-0.15, -0.1) is 0 Å². The number of aromatic nitrogens is 1. The summed E-state index contributed by atoms with van der Waals surface area (Å²) in [7, 11) is 0. The number of benzene rings is 3. The smallest absolute Gasteiger partial charge is 0.301 e. The molecule has 0 radical (unpaired) electrons. The molecule has 1 N–H and O–H groups in total. The molecule has 186 valence electrons. The van der Waals surface area contributed by atoms with Gasteiger partial charge >= 0.3 is 5.91 Å². The molecule has 4 aromatic rings. The number of anilines is 1. The number of thiazole rings is 1. The van der Waals surface area contributed by atoms with E-state index in [1.54, 1.807) is 12.1 Å². The Hall–Kier alpha value is -4.17. The third-order valence-corrected chi connectivity index (χ3v) is 7.61. The molecule has 0 unspecified atom stereocenters. The fourth-order valence-electron chi connectivity index (χ4n) is 4.96. The lowest BCUT2D eigenvalue weighted by Crippen LogP contribution is -2.29. The fourth-order valence-corrected chi connectivity index (χ4v) is 5.98. The molecule has 1 aromatic heterocycles. The van der Waals surface area contributed by atoms with Crippen molar-refractivity contribution in [1.29, 1.82) is 0 Å². The zero-order chi connectivity index (χ0) is 25.7. The Morgan fingerprint density at radius 3 is 2.73 bits per heavy atom. The minimum absolute atomic E-state index is 0.0392. The maximum atomic E-state index is 13.5. The van der Waals surface area contributed by atoms with E-state index in [0.717, 1.165) is 16.0 Å². The zero-order valence-corrected chi connectivity index (χ0v) is 21.1. The molecule has 7 nitrogen and oxygen atoms in total. The Labute approximate surface area is 217 Å². The lowest BCUT2D eigenvalue weighted by atomic mass is 9.94. The van der Waals surface area contributed by atoms with Gasteiger partial charge in [0.25, 0.3) is 5.78 Å². The molecule has 1 saturated heterocycles. The number of nitrogens with zero attached hydrogens (tertiary/aromatic N) is 2. The number of amides is 1. The molecule has 2 atom stereocenters. The summed E-state index contributed by atoms with van der Waals surface area (Å²) in [6.07, 6.45) is 0.757. The van der Waals surface area contributed by atoms with E-state index >= 15 is 0 Å². The summed E-state index contributed by atoms with van der Waals surface area (Å²) in [5.74, 6) is -0.202. The van der Waals surface area contributed by atoms with Gasteiger partial charge in [0.1, 0.15) is 23.4 Å². The van der Waals surface area contributed by atoms with Gasteiger partial charge < -0.3 is 14.6 Å². The molecule has 6 rings (SSSR count). The van der Waals surface area contributed by atoms with Crippen LogP contribution in [0.1, 0.15) is 36.6 Å². The Balaban J connectivity index is 1.50. The predicted octanol–water partition coefficient (Wildman–Crippen LogP) is 5.64. The minimum atomic E-state index is -0.823. The van der Waals surface area contributed by atoms with Gasteiger partial charge in [0.15, 0.2) is 5.13 Å². The monoisotopic (exact) mass is 512 g/mol. The number of hydrogen-bond acceptors (Lipinski definition) is 7. The molecular formula is C29H24N2O5S. The number of rotatable bonds is 5. The van der Waals surface area contributed by atoms with Gasteiger partial charge in [0.2, 0.25) is 0 Å². The summed E-state index contributed by atoms with van der Waals surface area (Å²) >= 11 is 1.31. The lowest BCUT2D eigenvalue weighted by molar-refractivity contribution is -0.132. The van der Waals surface area contributed by atoms with Crippen molar-refractivity contribution in [1.82, 2.24) is 4.98 Å².